The number of nitrogens with zero attached hydrogens (tertiary/aromatic N) is 3. The Labute approximate surface area is 188 Å². The zero-order valence-electron chi connectivity index (χ0n) is 17.7. The lowest BCUT2D eigenvalue weighted by molar-refractivity contribution is 0.0455. The second-order valence-electron chi connectivity index (χ2n) is 8.85. The van der Waals surface area contributed by atoms with E-state index in [0.717, 1.165) is 49.8 Å². The minimum absolute atomic E-state index is 0.0410. The number of carbonyl (C=O) groups is 2. The van der Waals surface area contributed by atoms with Crippen LogP contribution in [0.4, 0.5) is 0 Å². The SMILES string of the molecule is O=C(c1ccc2c(c1)CCN(C(=O)c1ccccc1Cl)C2)N1CCN(C2CCC2)CC1. The molecule has 3 aliphatic rings. The lowest BCUT2D eigenvalue weighted by Gasteiger charge is -2.43. The van der Waals surface area contributed by atoms with Crippen molar-refractivity contribution in [3.63, 3.8) is 0 Å². The Bertz CT molecular complexity index is 996. The first kappa shape index (κ1) is 20.5. The molecule has 162 valence electrons. The number of fused-ring (bicyclic) bond motifs is 1. The molecule has 0 spiro atoms. The summed E-state index contributed by atoms with van der Waals surface area (Å²) in [5.41, 5.74) is 3.59. The summed E-state index contributed by atoms with van der Waals surface area (Å²) in [6, 6.07) is 13.9. The summed E-state index contributed by atoms with van der Waals surface area (Å²) >= 11 is 6.21. The van der Waals surface area contributed by atoms with E-state index in [4.69, 9.17) is 11.6 Å². The summed E-state index contributed by atoms with van der Waals surface area (Å²) in [6.07, 6.45) is 4.73. The van der Waals surface area contributed by atoms with E-state index in [1.54, 1.807) is 12.1 Å². The first-order valence-corrected chi connectivity index (χ1v) is 11.7. The summed E-state index contributed by atoms with van der Waals surface area (Å²) in [6.45, 7) is 4.78. The van der Waals surface area contributed by atoms with Gasteiger partial charge < -0.3 is 9.80 Å². The Morgan fingerprint density at radius 1 is 0.839 bits per heavy atom. The molecule has 2 aliphatic heterocycles. The fraction of sp³-hybridized carbons (Fsp3) is 0.440. The third-order valence-corrected chi connectivity index (χ3v) is 7.38. The lowest BCUT2D eigenvalue weighted by atomic mass is 9.91. The predicted octanol–water partition coefficient (Wildman–Crippen LogP) is 3.85. The Balaban J connectivity index is 1.24. The van der Waals surface area contributed by atoms with E-state index in [1.165, 1.54) is 24.8 Å². The second-order valence-corrected chi connectivity index (χ2v) is 9.26. The average Bonchev–Trinajstić information content (AvgIpc) is 2.77. The number of amides is 2. The maximum absolute atomic E-state index is 13.1. The van der Waals surface area contributed by atoms with Gasteiger partial charge in [0.15, 0.2) is 0 Å². The molecule has 1 saturated carbocycles. The van der Waals surface area contributed by atoms with Crippen LogP contribution in [0.25, 0.3) is 0 Å². The lowest BCUT2D eigenvalue weighted by Crippen LogP contribution is -2.53. The van der Waals surface area contributed by atoms with Gasteiger partial charge in [0.1, 0.15) is 0 Å². The van der Waals surface area contributed by atoms with E-state index in [-0.39, 0.29) is 11.8 Å². The molecule has 5 rings (SSSR count). The van der Waals surface area contributed by atoms with Crippen molar-refractivity contribution in [3.05, 3.63) is 69.7 Å². The number of hydrogen-bond donors (Lipinski definition) is 0. The van der Waals surface area contributed by atoms with Gasteiger partial charge in [-0.15, -0.1) is 0 Å². The Hall–Kier alpha value is -2.37. The number of halogens is 1. The summed E-state index contributed by atoms with van der Waals surface area (Å²) in [5, 5.41) is 0.483. The molecule has 31 heavy (non-hydrogen) atoms. The van der Waals surface area contributed by atoms with E-state index in [0.29, 0.717) is 23.7 Å². The normalized spacial score (nSPS) is 19.6. The Kier molecular flexibility index (Phi) is 5.72. The van der Waals surface area contributed by atoms with Gasteiger partial charge >= 0.3 is 0 Å². The fourth-order valence-electron chi connectivity index (χ4n) is 4.89. The third-order valence-electron chi connectivity index (χ3n) is 7.05. The van der Waals surface area contributed by atoms with Crippen molar-refractivity contribution in [2.24, 2.45) is 0 Å². The zero-order chi connectivity index (χ0) is 21.4. The van der Waals surface area contributed by atoms with Crippen LogP contribution in [0, 0.1) is 0 Å². The van der Waals surface area contributed by atoms with E-state index in [9.17, 15) is 9.59 Å². The highest BCUT2D eigenvalue weighted by Crippen LogP contribution is 2.27. The zero-order valence-corrected chi connectivity index (χ0v) is 18.5. The maximum Gasteiger partial charge on any atom is 0.255 e. The van der Waals surface area contributed by atoms with Gasteiger partial charge in [-0.1, -0.05) is 36.2 Å². The third kappa shape index (κ3) is 4.09. The van der Waals surface area contributed by atoms with E-state index >= 15 is 0 Å². The molecule has 2 amide bonds. The highest BCUT2D eigenvalue weighted by molar-refractivity contribution is 6.33. The number of rotatable bonds is 3. The van der Waals surface area contributed by atoms with Gasteiger partial charge in [0.2, 0.25) is 0 Å². The molecule has 1 saturated heterocycles. The highest BCUT2D eigenvalue weighted by Gasteiger charge is 2.30. The minimum atomic E-state index is -0.0410. The van der Waals surface area contributed by atoms with Crippen LogP contribution >= 0.6 is 11.6 Å². The Morgan fingerprint density at radius 3 is 2.32 bits per heavy atom. The van der Waals surface area contributed by atoms with Crippen LogP contribution in [-0.4, -0.2) is 65.3 Å². The maximum atomic E-state index is 13.1. The molecule has 1 aliphatic carbocycles. The average molecular weight is 438 g/mol. The van der Waals surface area contributed by atoms with Crippen LogP contribution in [0.15, 0.2) is 42.5 Å². The van der Waals surface area contributed by atoms with Crippen molar-refractivity contribution >= 4 is 23.4 Å². The van der Waals surface area contributed by atoms with Gasteiger partial charge in [0.05, 0.1) is 10.6 Å². The monoisotopic (exact) mass is 437 g/mol. The van der Waals surface area contributed by atoms with E-state index < -0.39 is 0 Å². The first-order chi connectivity index (χ1) is 15.1. The van der Waals surface area contributed by atoms with Crippen molar-refractivity contribution in [3.8, 4) is 0 Å². The van der Waals surface area contributed by atoms with Crippen molar-refractivity contribution < 1.29 is 9.59 Å². The molecule has 2 aromatic rings. The van der Waals surface area contributed by atoms with Crippen LogP contribution in [0.2, 0.25) is 5.02 Å². The molecular weight excluding hydrogens is 410 g/mol. The topological polar surface area (TPSA) is 43.9 Å². The summed E-state index contributed by atoms with van der Waals surface area (Å²) in [5.74, 6) is 0.0892. The van der Waals surface area contributed by atoms with Crippen molar-refractivity contribution in [1.29, 1.82) is 0 Å². The molecule has 0 radical (unpaired) electrons. The fourth-order valence-corrected chi connectivity index (χ4v) is 5.11. The van der Waals surface area contributed by atoms with Crippen LogP contribution in [0.1, 0.15) is 51.1 Å². The quantitative estimate of drug-likeness (QED) is 0.732. The van der Waals surface area contributed by atoms with Crippen molar-refractivity contribution in [2.75, 3.05) is 32.7 Å². The molecule has 0 N–H and O–H groups in total. The van der Waals surface area contributed by atoms with Gasteiger partial charge in [-0.2, -0.15) is 0 Å². The van der Waals surface area contributed by atoms with Crippen LogP contribution in [0.5, 0.6) is 0 Å². The van der Waals surface area contributed by atoms with Crippen molar-refractivity contribution in [2.45, 2.75) is 38.3 Å². The highest BCUT2D eigenvalue weighted by atomic mass is 35.5. The van der Waals surface area contributed by atoms with Gasteiger partial charge in [-0.25, -0.2) is 0 Å². The molecule has 5 nitrogen and oxygen atoms in total. The predicted molar refractivity (Wildman–Crippen MR) is 121 cm³/mol. The second kappa shape index (κ2) is 8.64. The molecule has 2 heterocycles. The molecule has 2 fully saturated rings. The molecule has 0 aromatic heterocycles. The first-order valence-electron chi connectivity index (χ1n) is 11.3. The van der Waals surface area contributed by atoms with Gasteiger partial charge in [0, 0.05) is 50.9 Å². The standard InChI is InChI=1S/C25H28ClN3O2/c26-23-7-2-1-6-22(23)25(31)29-11-10-18-16-19(8-9-20(18)17-29)24(30)28-14-12-27(13-15-28)21-4-3-5-21/h1-2,6-9,16,21H,3-5,10-15,17H2. The van der Waals surface area contributed by atoms with Gasteiger partial charge in [-0.3, -0.25) is 14.5 Å². The molecule has 0 atom stereocenters. The summed E-state index contributed by atoms with van der Waals surface area (Å²) < 4.78 is 0. The smallest absolute Gasteiger partial charge is 0.255 e. The number of carbonyl (C=O) groups excluding carboxylic acids is 2. The number of piperazine rings is 1. The van der Waals surface area contributed by atoms with Crippen LogP contribution in [-0.2, 0) is 13.0 Å². The van der Waals surface area contributed by atoms with Crippen molar-refractivity contribution in [1.82, 2.24) is 14.7 Å². The largest absolute Gasteiger partial charge is 0.336 e. The summed E-state index contributed by atoms with van der Waals surface area (Å²) in [4.78, 5) is 32.3. The van der Waals surface area contributed by atoms with Gasteiger partial charge in [0.25, 0.3) is 11.8 Å². The van der Waals surface area contributed by atoms with E-state index in [2.05, 4.69) is 4.90 Å². The molecular formula is C25H28ClN3O2. The Morgan fingerprint density at radius 2 is 1.61 bits per heavy atom. The number of benzene rings is 2. The molecule has 0 bridgehead atoms. The van der Waals surface area contributed by atoms with Crippen LogP contribution in [0.3, 0.4) is 0 Å². The molecule has 2 aromatic carbocycles. The van der Waals surface area contributed by atoms with Crippen LogP contribution < -0.4 is 0 Å². The van der Waals surface area contributed by atoms with E-state index in [1.807, 2.05) is 40.1 Å². The summed E-state index contributed by atoms with van der Waals surface area (Å²) in [7, 11) is 0. The minimum Gasteiger partial charge on any atom is -0.336 e. The molecule has 0 unspecified atom stereocenters. The number of hydrogen-bond acceptors (Lipinski definition) is 3. The molecule has 6 heteroatoms. The van der Waals surface area contributed by atoms with Gasteiger partial charge in [-0.05, 0) is 54.7 Å².